The second kappa shape index (κ2) is 7.11. The topological polar surface area (TPSA) is 40.6 Å². The van der Waals surface area contributed by atoms with Gasteiger partial charge in [0.2, 0.25) is 0 Å². The maximum atomic E-state index is 13.3. The Morgan fingerprint density at radius 1 is 1.00 bits per heavy atom. The maximum Gasteiger partial charge on any atom is 0.266 e. The molecule has 1 fully saturated rings. The van der Waals surface area contributed by atoms with Crippen molar-refractivity contribution in [1.29, 1.82) is 0 Å². The normalized spacial score (nSPS) is 19.3. The molecule has 2 aromatic carbocycles. The van der Waals surface area contributed by atoms with Crippen LogP contribution in [-0.2, 0) is 16.1 Å². The maximum absolute atomic E-state index is 13.3. The van der Waals surface area contributed by atoms with Crippen LogP contribution >= 0.6 is 35.6 Å². The van der Waals surface area contributed by atoms with Crippen LogP contribution < -0.4 is 4.90 Å². The van der Waals surface area contributed by atoms with Gasteiger partial charge in [0.25, 0.3) is 11.8 Å². The van der Waals surface area contributed by atoms with E-state index in [4.69, 9.17) is 23.8 Å². The van der Waals surface area contributed by atoms with Crippen LogP contribution in [0.2, 0.25) is 5.02 Å². The molecule has 2 heterocycles. The van der Waals surface area contributed by atoms with Gasteiger partial charge in [-0.15, -0.1) is 0 Å². The summed E-state index contributed by atoms with van der Waals surface area (Å²) < 4.78 is 0.492. The second-order valence-electron chi connectivity index (χ2n) is 6.16. The van der Waals surface area contributed by atoms with Crippen LogP contribution in [0.25, 0.3) is 5.57 Å². The van der Waals surface area contributed by atoms with Crippen LogP contribution in [0.4, 0.5) is 5.69 Å². The largest absolute Gasteiger partial charge is 0.303 e. The summed E-state index contributed by atoms with van der Waals surface area (Å²) in [6.07, 6.45) is 0. The van der Waals surface area contributed by atoms with Gasteiger partial charge in [0, 0.05) is 17.1 Å². The van der Waals surface area contributed by atoms with Crippen molar-refractivity contribution in [2.75, 3.05) is 11.4 Å². The number of carbonyl (C=O) groups is 2. The third-order valence-corrected chi connectivity index (χ3v) is 6.27. The number of hydrogen-bond donors (Lipinski definition) is 0. The zero-order chi connectivity index (χ0) is 19.1. The summed E-state index contributed by atoms with van der Waals surface area (Å²) in [7, 11) is 0. The number of carbonyl (C=O) groups excluding carboxylic acids is 2. The van der Waals surface area contributed by atoms with E-state index in [2.05, 4.69) is 0 Å². The fourth-order valence-corrected chi connectivity index (χ4v) is 4.83. The second-order valence-corrected chi connectivity index (χ2v) is 8.24. The van der Waals surface area contributed by atoms with E-state index >= 15 is 0 Å². The first-order valence-corrected chi connectivity index (χ1v) is 10.0. The highest BCUT2D eigenvalue weighted by Gasteiger charge is 2.41. The summed E-state index contributed by atoms with van der Waals surface area (Å²) >= 11 is 12.5. The summed E-state index contributed by atoms with van der Waals surface area (Å²) in [5.74, 6) is -0.373. The lowest BCUT2D eigenvalue weighted by atomic mass is 10.1. The number of para-hydroxylation sites is 1. The van der Waals surface area contributed by atoms with E-state index in [9.17, 15) is 9.59 Å². The first kappa shape index (κ1) is 18.2. The highest BCUT2D eigenvalue weighted by Crippen LogP contribution is 2.44. The molecule has 7 heteroatoms. The third-order valence-electron chi connectivity index (χ3n) is 4.57. The molecule has 1 saturated heterocycles. The lowest BCUT2D eigenvalue weighted by Gasteiger charge is -2.17. The van der Waals surface area contributed by atoms with Crippen molar-refractivity contribution in [3.8, 4) is 0 Å². The van der Waals surface area contributed by atoms with Gasteiger partial charge >= 0.3 is 0 Å². The minimum Gasteiger partial charge on any atom is -0.303 e. The van der Waals surface area contributed by atoms with E-state index in [1.54, 1.807) is 17.0 Å². The summed E-state index contributed by atoms with van der Waals surface area (Å²) in [4.78, 5) is 29.7. The SMILES string of the molecule is CCN1C(=O)C(=C2C(=O)N(Cc3ccc(Cl)cc3)c3ccccc32)SC1=S. The van der Waals surface area contributed by atoms with Crippen LogP contribution in [0.1, 0.15) is 18.1 Å². The van der Waals surface area contributed by atoms with Gasteiger partial charge in [0.05, 0.1) is 22.7 Å². The lowest BCUT2D eigenvalue weighted by molar-refractivity contribution is -0.122. The van der Waals surface area contributed by atoms with Gasteiger partial charge < -0.3 is 4.90 Å². The molecule has 2 aliphatic rings. The average Bonchev–Trinajstić information content (AvgIpc) is 3.10. The molecular weight excluding hydrogens is 400 g/mol. The van der Waals surface area contributed by atoms with E-state index in [-0.39, 0.29) is 11.8 Å². The van der Waals surface area contributed by atoms with E-state index < -0.39 is 0 Å². The summed E-state index contributed by atoms with van der Waals surface area (Å²) in [5.41, 5.74) is 2.97. The summed E-state index contributed by atoms with van der Waals surface area (Å²) in [6, 6.07) is 14.9. The van der Waals surface area contributed by atoms with Gasteiger partial charge in [-0.25, -0.2) is 0 Å². The van der Waals surface area contributed by atoms with Crippen molar-refractivity contribution in [2.45, 2.75) is 13.5 Å². The molecule has 0 spiro atoms. The molecule has 0 N–H and O–H groups in total. The van der Waals surface area contributed by atoms with Crippen molar-refractivity contribution >= 4 is 63.0 Å². The number of nitrogens with zero attached hydrogens (tertiary/aromatic N) is 2. The van der Waals surface area contributed by atoms with Gasteiger partial charge in [-0.2, -0.15) is 0 Å². The number of thioether (sulfide) groups is 1. The number of benzene rings is 2. The molecule has 0 aliphatic carbocycles. The van der Waals surface area contributed by atoms with Crippen molar-refractivity contribution < 1.29 is 9.59 Å². The van der Waals surface area contributed by atoms with Gasteiger partial charge in [-0.05, 0) is 30.7 Å². The predicted molar refractivity (Wildman–Crippen MR) is 114 cm³/mol. The first-order chi connectivity index (χ1) is 13.0. The fourth-order valence-electron chi connectivity index (χ4n) is 3.25. The molecule has 27 heavy (non-hydrogen) atoms. The molecule has 136 valence electrons. The minimum absolute atomic E-state index is 0.178. The van der Waals surface area contributed by atoms with Crippen LogP contribution in [0.3, 0.4) is 0 Å². The standard InChI is InChI=1S/C20H15ClN2O2S2/c1-2-22-19(25)17(27-20(22)26)16-14-5-3-4-6-15(14)23(18(16)24)11-12-7-9-13(21)10-8-12/h3-10H,2,11H2,1H3. The van der Waals surface area contributed by atoms with E-state index in [1.165, 1.54) is 16.7 Å². The number of thiocarbonyl (C=S) groups is 1. The van der Waals surface area contributed by atoms with Crippen molar-refractivity contribution in [3.05, 3.63) is 69.6 Å². The summed E-state index contributed by atoms with van der Waals surface area (Å²) in [6.45, 7) is 2.77. The molecular formula is C20H15ClN2O2S2. The molecule has 0 bridgehead atoms. The third kappa shape index (κ3) is 3.08. The Hall–Kier alpha value is -2.15. The molecule has 2 amide bonds. The Kier molecular flexibility index (Phi) is 4.80. The van der Waals surface area contributed by atoms with E-state index in [1.807, 2.05) is 43.3 Å². The quantitative estimate of drug-likeness (QED) is 0.548. The lowest BCUT2D eigenvalue weighted by Crippen LogP contribution is -2.29. The fraction of sp³-hybridized carbons (Fsp3) is 0.150. The highest BCUT2D eigenvalue weighted by molar-refractivity contribution is 8.26. The van der Waals surface area contributed by atoms with Crippen molar-refractivity contribution in [3.63, 3.8) is 0 Å². The monoisotopic (exact) mass is 414 g/mol. The molecule has 2 aliphatic heterocycles. The molecule has 0 atom stereocenters. The van der Waals surface area contributed by atoms with Crippen LogP contribution in [0, 0.1) is 0 Å². The Morgan fingerprint density at radius 2 is 1.70 bits per heavy atom. The van der Waals surface area contributed by atoms with Gasteiger partial charge in [0.1, 0.15) is 4.32 Å². The van der Waals surface area contributed by atoms with Crippen molar-refractivity contribution in [2.24, 2.45) is 0 Å². The number of anilines is 1. The molecule has 0 saturated carbocycles. The first-order valence-electron chi connectivity index (χ1n) is 8.45. The molecule has 4 rings (SSSR count). The predicted octanol–water partition coefficient (Wildman–Crippen LogP) is 4.48. The Labute approximate surface area is 171 Å². The van der Waals surface area contributed by atoms with Crippen LogP contribution in [0.15, 0.2) is 53.4 Å². The number of rotatable bonds is 3. The summed E-state index contributed by atoms with van der Waals surface area (Å²) in [5, 5.41) is 0.649. The zero-order valence-corrected chi connectivity index (χ0v) is 16.8. The number of halogens is 1. The zero-order valence-electron chi connectivity index (χ0n) is 14.4. The smallest absolute Gasteiger partial charge is 0.266 e. The number of amides is 2. The van der Waals surface area contributed by atoms with Crippen LogP contribution in [-0.4, -0.2) is 27.6 Å². The minimum atomic E-state index is -0.195. The average molecular weight is 415 g/mol. The Balaban J connectivity index is 1.79. The van der Waals surface area contributed by atoms with Gasteiger partial charge in [0.15, 0.2) is 0 Å². The van der Waals surface area contributed by atoms with E-state index in [0.29, 0.717) is 32.9 Å². The Morgan fingerprint density at radius 3 is 2.37 bits per heavy atom. The molecule has 4 nitrogen and oxygen atoms in total. The molecule has 0 unspecified atom stereocenters. The highest BCUT2D eigenvalue weighted by atomic mass is 35.5. The van der Waals surface area contributed by atoms with Crippen LogP contribution in [0.5, 0.6) is 0 Å². The number of likely N-dealkylation sites (N-methyl/N-ethyl adjacent to an activating group) is 1. The number of hydrogen-bond acceptors (Lipinski definition) is 4. The van der Waals surface area contributed by atoms with E-state index in [0.717, 1.165) is 16.8 Å². The molecule has 2 aromatic rings. The molecule has 0 aromatic heterocycles. The van der Waals surface area contributed by atoms with Gasteiger partial charge in [-0.3, -0.25) is 14.5 Å². The van der Waals surface area contributed by atoms with Gasteiger partial charge in [-0.1, -0.05) is 65.9 Å². The Bertz CT molecular complexity index is 1000. The number of fused-ring (bicyclic) bond motifs is 1. The molecule has 0 radical (unpaired) electrons. The van der Waals surface area contributed by atoms with Crippen molar-refractivity contribution in [1.82, 2.24) is 4.90 Å².